The number of hydrogen-bond acceptors (Lipinski definition) is 0. The highest BCUT2D eigenvalue weighted by molar-refractivity contribution is 5.22. The molecule has 0 nitrogen and oxygen atoms in total. The van der Waals surface area contributed by atoms with Gasteiger partial charge in [-0.1, -0.05) is 17.8 Å². The van der Waals surface area contributed by atoms with Crippen molar-refractivity contribution >= 4 is 0 Å². The zero-order chi connectivity index (χ0) is 9.83. The number of hydrogen-bond donors (Lipinski definition) is 0. The van der Waals surface area contributed by atoms with Crippen molar-refractivity contribution in [3.63, 3.8) is 0 Å². The van der Waals surface area contributed by atoms with Crippen LogP contribution in [0.1, 0.15) is 34.6 Å². The average molecular weight is 160 g/mol. The van der Waals surface area contributed by atoms with Crippen LogP contribution in [0.3, 0.4) is 0 Å². The summed E-state index contributed by atoms with van der Waals surface area (Å²) < 4.78 is 0. The second-order valence-corrected chi connectivity index (χ2v) is 3.89. The van der Waals surface area contributed by atoms with Gasteiger partial charge in [0.05, 0.1) is 6.92 Å². The van der Waals surface area contributed by atoms with Crippen LogP contribution >= 0.6 is 0 Å². The maximum atomic E-state index is 5.20. The molecule has 0 atom stereocenters. The van der Waals surface area contributed by atoms with E-state index in [9.17, 15) is 0 Å². The van der Waals surface area contributed by atoms with Crippen LogP contribution in [-0.2, 0) is 0 Å². The monoisotopic (exact) mass is 160 g/mol. The maximum absolute atomic E-state index is 5.20. The molecule has 0 spiro atoms. The van der Waals surface area contributed by atoms with Gasteiger partial charge in [-0.15, -0.1) is 5.92 Å². The van der Waals surface area contributed by atoms with Gasteiger partial charge in [0, 0.05) is 10.8 Å². The summed E-state index contributed by atoms with van der Waals surface area (Å²) in [7, 11) is 0. The van der Waals surface area contributed by atoms with E-state index in [1.54, 1.807) is 0 Å². The summed E-state index contributed by atoms with van der Waals surface area (Å²) in [6.07, 6.45) is 0. The maximum Gasteiger partial charge on any atom is 0.0503 e. The molecule has 0 aliphatic heterocycles. The first-order valence-corrected chi connectivity index (χ1v) is 4.04. The number of rotatable bonds is 1. The summed E-state index contributed by atoms with van der Waals surface area (Å²) in [4.78, 5) is 0. The average Bonchev–Trinajstić information content (AvgIpc) is 1.86. The minimum Gasteiger partial charge on any atom is -0.106 e. The Labute approximate surface area is 76.8 Å². The van der Waals surface area contributed by atoms with E-state index in [1.807, 2.05) is 6.92 Å². The lowest BCUT2D eigenvalue weighted by atomic mass is 9.69. The molecule has 0 bridgehead atoms. The van der Waals surface area contributed by atoms with Crippen molar-refractivity contribution in [2.75, 3.05) is 0 Å². The molecule has 0 saturated heterocycles. The van der Waals surface area contributed by atoms with E-state index in [-0.39, 0.29) is 10.8 Å². The highest BCUT2D eigenvalue weighted by Gasteiger charge is 2.33. The van der Waals surface area contributed by atoms with Crippen LogP contribution in [-0.4, -0.2) is 0 Å². The Kier molecular flexibility index (Phi) is 3.41. The van der Waals surface area contributed by atoms with E-state index >= 15 is 0 Å². The van der Waals surface area contributed by atoms with Crippen LogP contribution in [0.5, 0.6) is 0 Å². The van der Waals surface area contributed by atoms with Crippen molar-refractivity contribution < 1.29 is 0 Å². The van der Waals surface area contributed by atoms with Crippen LogP contribution in [0.15, 0.2) is 0 Å². The third kappa shape index (κ3) is 2.31. The van der Waals surface area contributed by atoms with Gasteiger partial charge in [0.2, 0.25) is 0 Å². The quantitative estimate of drug-likeness (QED) is 0.517. The molecule has 0 N–H and O–H groups in total. The summed E-state index contributed by atoms with van der Waals surface area (Å²) >= 11 is 0. The van der Waals surface area contributed by atoms with Crippen LogP contribution in [0, 0.1) is 41.4 Å². The highest BCUT2D eigenvalue weighted by Crippen LogP contribution is 2.36. The molecule has 0 aliphatic carbocycles. The fourth-order valence-electron chi connectivity index (χ4n) is 0.805. The minimum atomic E-state index is -0.162. The Morgan fingerprint density at radius 2 is 1.33 bits per heavy atom. The molecule has 0 heteroatoms. The zero-order valence-electron chi connectivity index (χ0n) is 8.58. The zero-order valence-corrected chi connectivity index (χ0v) is 8.58. The first kappa shape index (κ1) is 11.1. The first-order valence-electron chi connectivity index (χ1n) is 4.04. The van der Waals surface area contributed by atoms with Crippen molar-refractivity contribution in [2.45, 2.75) is 34.6 Å². The molecule has 0 heterocycles. The molecule has 0 rings (SSSR count). The molecule has 0 aromatic carbocycles. The Bertz CT molecular complexity index is 228. The van der Waals surface area contributed by atoms with Gasteiger partial charge in [-0.05, 0) is 34.6 Å². The van der Waals surface area contributed by atoms with Crippen LogP contribution in [0.4, 0.5) is 0 Å². The third-order valence-electron chi connectivity index (χ3n) is 2.38. The predicted molar refractivity (Wildman–Crippen MR) is 53.1 cm³/mol. The SMILES string of the molecule is [CH]C#CC(C)(C)C(C)(C)C#CC. The van der Waals surface area contributed by atoms with Gasteiger partial charge in [0.15, 0.2) is 0 Å². The van der Waals surface area contributed by atoms with Crippen LogP contribution < -0.4 is 0 Å². The van der Waals surface area contributed by atoms with Gasteiger partial charge >= 0.3 is 0 Å². The highest BCUT2D eigenvalue weighted by atomic mass is 14.3. The molecule has 0 unspecified atom stereocenters. The molecule has 0 aromatic heterocycles. The largest absolute Gasteiger partial charge is 0.106 e. The minimum absolute atomic E-state index is 0.117. The standard InChI is InChI=1S/C12H16/c1-7-9-11(3,4)12(5,6)10-8-2/h1H,2-6H3. The first-order chi connectivity index (χ1) is 5.37. The smallest absolute Gasteiger partial charge is 0.0503 e. The second-order valence-electron chi connectivity index (χ2n) is 3.89. The molecule has 2 radical (unpaired) electrons. The van der Waals surface area contributed by atoms with E-state index in [2.05, 4.69) is 51.4 Å². The van der Waals surface area contributed by atoms with E-state index in [0.717, 1.165) is 0 Å². The molecule has 64 valence electrons. The molecular formula is C12H16. The lowest BCUT2D eigenvalue weighted by Crippen LogP contribution is -2.29. The molecular weight excluding hydrogens is 144 g/mol. The van der Waals surface area contributed by atoms with E-state index < -0.39 is 0 Å². The van der Waals surface area contributed by atoms with Gasteiger partial charge in [0.25, 0.3) is 0 Å². The lowest BCUT2D eigenvalue weighted by Gasteiger charge is -2.32. The van der Waals surface area contributed by atoms with Crippen LogP contribution in [0.25, 0.3) is 0 Å². The van der Waals surface area contributed by atoms with Crippen molar-refractivity contribution in [2.24, 2.45) is 10.8 Å². The second kappa shape index (κ2) is 3.68. The van der Waals surface area contributed by atoms with Gasteiger partial charge in [-0.2, -0.15) is 0 Å². The van der Waals surface area contributed by atoms with Gasteiger partial charge in [-0.3, -0.25) is 0 Å². The molecule has 12 heavy (non-hydrogen) atoms. The van der Waals surface area contributed by atoms with Gasteiger partial charge in [-0.25, -0.2) is 0 Å². The topological polar surface area (TPSA) is 0 Å². The molecule has 0 fully saturated rings. The summed E-state index contributed by atoms with van der Waals surface area (Å²) in [6, 6.07) is 0. The molecule has 0 aliphatic rings. The molecule has 0 amide bonds. The predicted octanol–water partition coefficient (Wildman–Crippen LogP) is 2.78. The summed E-state index contributed by atoms with van der Waals surface area (Å²) in [5, 5.41) is 0. The fourth-order valence-corrected chi connectivity index (χ4v) is 0.805. The van der Waals surface area contributed by atoms with Crippen molar-refractivity contribution in [1.29, 1.82) is 0 Å². The van der Waals surface area contributed by atoms with Gasteiger partial charge in [0.1, 0.15) is 0 Å². The van der Waals surface area contributed by atoms with Crippen molar-refractivity contribution in [3.05, 3.63) is 6.92 Å². The fraction of sp³-hybridized carbons (Fsp3) is 0.583. The van der Waals surface area contributed by atoms with Gasteiger partial charge < -0.3 is 0 Å². The van der Waals surface area contributed by atoms with E-state index in [4.69, 9.17) is 6.92 Å². The summed E-state index contributed by atoms with van der Waals surface area (Å²) in [6.45, 7) is 15.3. The Morgan fingerprint density at radius 1 is 0.917 bits per heavy atom. The third-order valence-corrected chi connectivity index (χ3v) is 2.38. The summed E-state index contributed by atoms with van der Waals surface area (Å²) in [5.74, 6) is 11.5. The Hall–Kier alpha value is -0.880. The Morgan fingerprint density at radius 3 is 1.67 bits per heavy atom. The summed E-state index contributed by atoms with van der Waals surface area (Å²) in [5.41, 5.74) is -0.279. The van der Waals surface area contributed by atoms with E-state index in [0.29, 0.717) is 0 Å². The van der Waals surface area contributed by atoms with E-state index in [1.165, 1.54) is 0 Å². The Balaban J connectivity index is 4.91. The molecule has 0 aromatic rings. The van der Waals surface area contributed by atoms with Crippen molar-refractivity contribution in [1.82, 2.24) is 0 Å². The lowest BCUT2D eigenvalue weighted by molar-refractivity contribution is 0.260. The normalized spacial score (nSPS) is 10.8. The van der Waals surface area contributed by atoms with Crippen molar-refractivity contribution in [3.8, 4) is 23.7 Å². The van der Waals surface area contributed by atoms with Crippen LogP contribution in [0.2, 0.25) is 0 Å². The molecule has 0 saturated carbocycles.